The molecule has 0 aromatic carbocycles. The zero-order valence-corrected chi connectivity index (χ0v) is 11.3. The SMILES string of the molecule is CC(NC1C2C3CCC(C3)C12)C(=O)N1CCCC1. The molecular formula is C15H24N2O. The molecular weight excluding hydrogens is 224 g/mol. The minimum Gasteiger partial charge on any atom is -0.341 e. The largest absolute Gasteiger partial charge is 0.341 e. The van der Waals surface area contributed by atoms with Gasteiger partial charge < -0.3 is 10.2 Å². The van der Waals surface area contributed by atoms with E-state index < -0.39 is 0 Å². The van der Waals surface area contributed by atoms with E-state index in [1.807, 2.05) is 4.90 Å². The van der Waals surface area contributed by atoms with E-state index >= 15 is 0 Å². The summed E-state index contributed by atoms with van der Waals surface area (Å²) in [6, 6.07) is 0.718. The monoisotopic (exact) mass is 248 g/mol. The quantitative estimate of drug-likeness (QED) is 0.823. The number of nitrogens with zero attached hydrogens (tertiary/aromatic N) is 1. The normalized spacial score (nSPS) is 46.3. The maximum absolute atomic E-state index is 12.3. The zero-order valence-electron chi connectivity index (χ0n) is 11.3. The molecule has 1 heterocycles. The molecule has 0 aromatic rings. The lowest BCUT2D eigenvalue weighted by Gasteiger charge is -2.22. The topological polar surface area (TPSA) is 32.3 Å². The summed E-state index contributed by atoms with van der Waals surface area (Å²) in [7, 11) is 0. The summed E-state index contributed by atoms with van der Waals surface area (Å²) in [5.41, 5.74) is 0. The van der Waals surface area contributed by atoms with E-state index in [0.717, 1.165) is 36.8 Å². The smallest absolute Gasteiger partial charge is 0.239 e. The fourth-order valence-electron chi connectivity index (χ4n) is 5.12. The van der Waals surface area contributed by atoms with Gasteiger partial charge in [0.2, 0.25) is 5.91 Å². The van der Waals surface area contributed by atoms with E-state index in [2.05, 4.69) is 12.2 Å². The Labute approximate surface area is 109 Å². The Bertz CT molecular complexity index is 348. The molecule has 3 aliphatic carbocycles. The van der Waals surface area contributed by atoms with E-state index in [-0.39, 0.29) is 6.04 Å². The molecule has 0 radical (unpaired) electrons. The number of amides is 1. The van der Waals surface area contributed by atoms with Crippen molar-refractivity contribution in [3.8, 4) is 0 Å². The second kappa shape index (κ2) is 3.96. The molecule has 1 N–H and O–H groups in total. The summed E-state index contributed by atoms with van der Waals surface area (Å²) in [6.07, 6.45) is 6.79. The van der Waals surface area contributed by atoms with E-state index in [4.69, 9.17) is 0 Å². The maximum atomic E-state index is 12.3. The Morgan fingerprint density at radius 1 is 1.17 bits per heavy atom. The molecule has 3 nitrogen and oxygen atoms in total. The number of fused-ring (bicyclic) bond motifs is 5. The first-order valence-corrected chi connectivity index (χ1v) is 7.80. The van der Waals surface area contributed by atoms with Crippen LogP contribution in [0, 0.1) is 23.7 Å². The molecule has 5 unspecified atom stereocenters. The van der Waals surface area contributed by atoms with Crippen molar-refractivity contribution in [1.29, 1.82) is 0 Å². The summed E-state index contributed by atoms with van der Waals surface area (Å²) in [5, 5.41) is 3.64. The van der Waals surface area contributed by atoms with Crippen molar-refractivity contribution in [3.05, 3.63) is 0 Å². The molecule has 4 fully saturated rings. The molecule has 1 aliphatic heterocycles. The third-order valence-corrected chi connectivity index (χ3v) is 5.97. The van der Waals surface area contributed by atoms with Crippen LogP contribution in [-0.4, -0.2) is 36.0 Å². The van der Waals surface area contributed by atoms with Crippen LogP contribution in [0.3, 0.4) is 0 Å². The van der Waals surface area contributed by atoms with Crippen LogP contribution < -0.4 is 5.32 Å². The van der Waals surface area contributed by atoms with Crippen molar-refractivity contribution >= 4 is 5.91 Å². The number of carbonyl (C=O) groups is 1. The number of rotatable bonds is 3. The van der Waals surface area contributed by atoms with Crippen molar-refractivity contribution in [3.63, 3.8) is 0 Å². The summed E-state index contributed by atoms with van der Waals surface area (Å²) < 4.78 is 0. The molecule has 4 aliphatic rings. The van der Waals surface area contributed by atoms with Gasteiger partial charge in [-0.05, 0) is 62.7 Å². The van der Waals surface area contributed by atoms with E-state index in [1.165, 1.54) is 32.1 Å². The Balaban J connectivity index is 1.34. The van der Waals surface area contributed by atoms with Gasteiger partial charge in [-0.1, -0.05) is 0 Å². The molecule has 4 rings (SSSR count). The highest BCUT2D eigenvalue weighted by molar-refractivity contribution is 5.81. The second-order valence-electron chi connectivity index (χ2n) is 6.93. The Morgan fingerprint density at radius 2 is 1.78 bits per heavy atom. The Kier molecular flexibility index (Phi) is 2.48. The summed E-state index contributed by atoms with van der Waals surface area (Å²) in [6.45, 7) is 4.03. The van der Waals surface area contributed by atoms with Crippen LogP contribution in [0.5, 0.6) is 0 Å². The van der Waals surface area contributed by atoms with Crippen molar-refractivity contribution in [1.82, 2.24) is 10.2 Å². The van der Waals surface area contributed by atoms with Gasteiger partial charge in [0, 0.05) is 19.1 Å². The standard InChI is InChI=1S/C15H24N2O/c1-9(15(18)17-6-2-3-7-17)16-14-12-10-4-5-11(8-10)13(12)14/h9-14,16H,2-8H2,1H3. The lowest BCUT2D eigenvalue weighted by atomic mass is 10.0. The van der Waals surface area contributed by atoms with Crippen LogP contribution in [0.15, 0.2) is 0 Å². The van der Waals surface area contributed by atoms with E-state index in [9.17, 15) is 4.79 Å². The fraction of sp³-hybridized carbons (Fsp3) is 0.933. The minimum absolute atomic E-state index is 0.0399. The fourth-order valence-corrected chi connectivity index (χ4v) is 5.12. The molecule has 18 heavy (non-hydrogen) atoms. The number of carbonyl (C=O) groups excluding carboxylic acids is 1. The predicted molar refractivity (Wildman–Crippen MR) is 70.0 cm³/mol. The lowest BCUT2D eigenvalue weighted by Crippen LogP contribution is -2.45. The number of nitrogens with one attached hydrogen (secondary N) is 1. The van der Waals surface area contributed by atoms with Gasteiger partial charge in [0.15, 0.2) is 0 Å². The number of hydrogen-bond acceptors (Lipinski definition) is 2. The van der Waals surface area contributed by atoms with Crippen molar-refractivity contribution in [2.75, 3.05) is 13.1 Å². The highest BCUT2D eigenvalue weighted by Gasteiger charge is 2.65. The van der Waals surface area contributed by atoms with Crippen LogP contribution in [0.1, 0.15) is 39.0 Å². The van der Waals surface area contributed by atoms with Crippen LogP contribution >= 0.6 is 0 Å². The first kappa shape index (κ1) is 11.3. The van der Waals surface area contributed by atoms with Gasteiger partial charge in [0.25, 0.3) is 0 Å². The summed E-state index contributed by atoms with van der Waals surface area (Å²) in [4.78, 5) is 14.3. The van der Waals surface area contributed by atoms with Gasteiger partial charge >= 0.3 is 0 Å². The molecule has 3 saturated carbocycles. The molecule has 1 amide bonds. The molecule has 100 valence electrons. The van der Waals surface area contributed by atoms with Crippen LogP contribution in [0.2, 0.25) is 0 Å². The third-order valence-electron chi connectivity index (χ3n) is 5.97. The highest BCUT2D eigenvalue weighted by Crippen LogP contribution is 2.65. The van der Waals surface area contributed by atoms with Gasteiger partial charge in [-0.25, -0.2) is 0 Å². The maximum Gasteiger partial charge on any atom is 0.239 e. The second-order valence-corrected chi connectivity index (χ2v) is 6.93. The predicted octanol–water partition coefficient (Wildman–Crippen LogP) is 1.63. The van der Waals surface area contributed by atoms with Crippen molar-refractivity contribution < 1.29 is 4.79 Å². The molecule has 5 atom stereocenters. The average molecular weight is 248 g/mol. The lowest BCUT2D eigenvalue weighted by molar-refractivity contribution is -0.132. The van der Waals surface area contributed by atoms with Crippen molar-refractivity contribution in [2.45, 2.75) is 51.1 Å². The number of likely N-dealkylation sites (tertiary alicyclic amines) is 1. The number of hydrogen-bond donors (Lipinski definition) is 1. The summed E-state index contributed by atoms with van der Waals surface area (Å²) >= 11 is 0. The van der Waals surface area contributed by atoms with Crippen LogP contribution in [-0.2, 0) is 4.79 Å². The van der Waals surface area contributed by atoms with E-state index in [1.54, 1.807) is 0 Å². The Hall–Kier alpha value is -0.570. The van der Waals surface area contributed by atoms with Crippen LogP contribution in [0.4, 0.5) is 0 Å². The molecule has 0 spiro atoms. The van der Waals surface area contributed by atoms with Gasteiger partial charge in [-0.2, -0.15) is 0 Å². The minimum atomic E-state index is 0.0399. The van der Waals surface area contributed by atoms with Gasteiger partial charge in [0.05, 0.1) is 6.04 Å². The molecule has 2 bridgehead atoms. The molecule has 1 saturated heterocycles. The summed E-state index contributed by atoms with van der Waals surface area (Å²) in [5.74, 6) is 4.18. The van der Waals surface area contributed by atoms with Crippen LogP contribution in [0.25, 0.3) is 0 Å². The highest BCUT2D eigenvalue weighted by atomic mass is 16.2. The molecule has 3 heteroatoms. The Morgan fingerprint density at radius 3 is 2.39 bits per heavy atom. The first-order valence-electron chi connectivity index (χ1n) is 7.80. The van der Waals surface area contributed by atoms with E-state index in [0.29, 0.717) is 11.9 Å². The zero-order chi connectivity index (χ0) is 12.3. The van der Waals surface area contributed by atoms with Gasteiger partial charge in [-0.15, -0.1) is 0 Å². The van der Waals surface area contributed by atoms with Crippen molar-refractivity contribution in [2.24, 2.45) is 23.7 Å². The average Bonchev–Trinajstić information content (AvgIpc) is 2.90. The van der Waals surface area contributed by atoms with Gasteiger partial charge in [0.1, 0.15) is 0 Å². The third kappa shape index (κ3) is 1.56. The molecule has 0 aromatic heterocycles. The first-order chi connectivity index (χ1) is 8.75. The van der Waals surface area contributed by atoms with Gasteiger partial charge in [-0.3, -0.25) is 4.79 Å².